The van der Waals surface area contributed by atoms with Crippen molar-refractivity contribution in [3.63, 3.8) is 0 Å². The summed E-state index contributed by atoms with van der Waals surface area (Å²) in [6, 6.07) is 5.20. The minimum Gasteiger partial charge on any atom is -0.505 e. The van der Waals surface area contributed by atoms with Gasteiger partial charge in [0.1, 0.15) is 11.6 Å². The van der Waals surface area contributed by atoms with Gasteiger partial charge in [0, 0.05) is 22.7 Å². The second kappa shape index (κ2) is 13.4. The highest BCUT2D eigenvalue weighted by atomic mass is 35.5. The third kappa shape index (κ3) is 7.28. The number of hydrogen-bond acceptors (Lipinski definition) is 5. The third-order valence-electron chi connectivity index (χ3n) is 8.01. The minimum absolute atomic E-state index is 0.00977. The topological polar surface area (TPSA) is 130 Å². The highest BCUT2D eigenvalue weighted by Crippen LogP contribution is 2.52. The number of rotatable bonds is 6. The molecule has 42 heavy (non-hydrogen) atoms. The molecule has 1 aromatic heterocycles. The number of nitrogens with two attached hydrogens (primary N) is 1. The normalized spacial score (nSPS) is 26.3. The molecule has 6 atom stereocenters. The maximum Gasteiger partial charge on any atom is 0.341 e. The number of ether oxygens (including phenoxy) is 1. The Balaban J connectivity index is 0.000000283. The van der Waals surface area contributed by atoms with Crippen LogP contribution < -0.4 is 16.4 Å². The number of hydrogen-bond donors (Lipinski definition) is 3. The molecule has 0 spiro atoms. The fourth-order valence-electron chi connectivity index (χ4n) is 5.61. The van der Waals surface area contributed by atoms with Crippen LogP contribution in [0.5, 0.6) is 0 Å². The minimum atomic E-state index is -0.618. The Morgan fingerprint density at radius 1 is 1.19 bits per heavy atom. The summed E-state index contributed by atoms with van der Waals surface area (Å²) in [5.41, 5.74) is 5.66. The van der Waals surface area contributed by atoms with Crippen LogP contribution in [-0.4, -0.2) is 52.2 Å². The molecule has 4 N–H and O–H groups in total. The molecule has 2 heterocycles. The zero-order valence-corrected chi connectivity index (χ0v) is 24.4. The molecule has 1 aliphatic heterocycles. The Morgan fingerprint density at radius 3 is 2.60 bits per heavy atom. The predicted molar refractivity (Wildman–Crippen MR) is 153 cm³/mol. The lowest BCUT2D eigenvalue weighted by atomic mass is 9.78. The Morgan fingerprint density at radius 2 is 1.95 bits per heavy atom. The van der Waals surface area contributed by atoms with E-state index >= 15 is 0 Å². The van der Waals surface area contributed by atoms with E-state index in [1.807, 2.05) is 0 Å². The number of amides is 5. The van der Waals surface area contributed by atoms with Gasteiger partial charge in [-0.2, -0.15) is 0 Å². The number of hydrazine groups is 1. The van der Waals surface area contributed by atoms with Crippen molar-refractivity contribution in [2.24, 2.45) is 29.4 Å². The van der Waals surface area contributed by atoms with Crippen LogP contribution >= 0.6 is 11.6 Å². The molecule has 2 aliphatic carbocycles. The van der Waals surface area contributed by atoms with Crippen molar-refractivity contribution >= 4 is 35.3 Å². The monoisotopic (exact) mass is 604 g/mol. The number of anilines is 1. The average molecular weight is 605 g/mol. The number of primary amides is 1. The molecular weight excluding hydrogens is 570 g/mol. The molecule has 226 valence electrons. The second-order valence-corrected chi connectivity index (χ2v) is 11.3. The molecule has 1 saturated heterocycles. The number of aromatic nitrogens is 1. The first kappa shape index (κ1) is 31.0. The lowest BCUT2D eigenvalue weighted by Crippen LogP contribution is -2.48. The number of nitrogens with zero attached hydrogens (tertiary/aromatic N) is 3. The Labute approximate surface area is 248 Å². The van der Waals surface area contributed by atoms with E-state index in [1.165, 1.54) is 54.4 Å². The van der Waals surface area contributed by atoms with Crippen molar-refractivity contribution < 1.29 is 27.9 Å². The maximum atomic E-state index is 13.6. The van der Waals surface area contributed by atoms with Gasteiger partial charge in [0.25, 0.3) is 0 Å². The van der Waals surface area contributed by atoms with E-state index in [9.17, 15) is 23.2 Å². The van der Waals surface area contributed by atoms with E-state index < -0.39 is 29.6 Å². The van der Waals surface area contributed by atoms with Crippen LogP contribution in [-0.2, 0) is 16.1 Å². The lowest BCUT2D eigenvalue weighted by molar-refractivity contribution is -0.140. The summed E-state index contributed by atoms with van der Waals surface area (Å²) in [6.07, 6.45) is 7.79. The fourth-order valence-corrected chi connectivity index (χ4v) is 5.84. The summed E-state index contributed by atoms with van der Waals surface area (Å²) < 4.78 is 31.7. The number of benzene rings is 1. The van der Waals surface area contributed by atoms with Crippen LogP contribution in [0, 0.1) is 35.3 Å². The third-order valence-corrected chi connectivity index (χ3v) is 8.23. The lowest BCUT2D eigenvalue weighted by Gasteiger charge is -2.34. The van der Waals surface area contributed by atoms with Gasteiger partial charge in [0.05, 0.1) is 43.8 Å². The fraction of sp³-hybridized carbons (Fsp3) is 0.448. The zero-order chi connectivity index (χ0) is 30.6. The molecule has 1 aromatic carbocycles. The van der Waals surface area contributed by atoms with E-state index in [-0.39, 0.29) is 35.1 Å². The number of urea groups is 2. The van der Waals surface area contributed by atoms with Crippen LogP contribution in [0.3, 0.4) is 0 Å². The number of fused-ring (bicyclic) bond motifs is 1. The number of pyridine rings is 1. The standard InChI is InChI=1S/C20H17ClF2N4O3.C9H18N2O/c1-30-5-4-16-17-18(16)27(20(29)25-15-7-11(21)6-13(23)8-15)26(19(17)28)10-14-3-2-12(22)9-24-14;1-6-4-3-5-8(7(6)2)11-9(10)12/h2-9,16-18H,10H2,1H3,(H,25,29);6-8H,3-5H2,1-2H3,(H3,10,11,12)/b5-4-;. The van der Waals surface area contributed by atoms with Crippen LogP contribution in [0.2, 0.25) is 5.02 Å². The van der Waals surface area contributed by atoms with Crippen LogP contribution in [0.4, 0.5) is 24.1 Å². The molecule has 3 aliphatic rings. The Bertz CT molecular complexity index is 1310. The van der Waals surface area contributed by atoms with Gasteiger partial charge in [0.2, 0.25) is 5.91 Å². The van der Waals surface area contributed by atoms with Crippen LogP contribution in [0.15, 0.2) is 48.9 Å². The highest BCUT2D eigenvalue weighted by molar-refractivity contribution is 6.30. The van der Waals surface area contributed by atoms with E-state index in [0.717, 1.165) is 24.8 Å². The highest BCUT2D eigenvalue weighted by Gasteiger charge is 2.67. The molecule has 13 heteroatoms. The first-order valence-electron chi connectivity index (χ1n) is 13.7. The predicted octanol–water partition coefficient (Wildman–Crippen LogP) is 5.06. The molecule has 0 radical (unpaired) electrons. The molecular formula is C29H35ClF2N6O4. The largest absolute Gasteiger partial charge is 0.505 e. The number of halogens is 3. The molecule has 3 fully saturated rings. The second-order valence-electron chi connectivity index (χ2n) is 10.8. The van der Waals surface area contributed by atoms with E-state index in [0.29, 0.717) is 23.6 Å². The van der Waals surface area contributed by atoms with Crippen molar-refractivity contribution in [1.29, 1.82) is 0 Å². The molecule has 2 aromatic rings. The van der Waals surface area contributed by atoms with Gasteiger partial charge in [-0.1, -0.05) is 38.3 Å². The van der Waals surface area contributed by atoms with Crippen LogP contribution in [0.1, 0.15) is 38.8 Å². The van der Waals surface area contributed by atoms with Gasteiger partial charge in [-0.3, -0.25) is 9.78 Å². The van der Waals surface area contributed by atoms with Crippen molar-refractivity contribution in [1.82, 2.24) is 20.3 Å². The van der Waals surface area contributed by atoms with E-state index in [1.54, 1.807) is 6.08 Å². The van der Waals surface area contributed by atoms with Gasteiger partial charge in [-0.05, 0) is 54.7 Å². The van der Waals surface area contributed by atoms with Gasteiger partial charge < -0.3 is 21.1 Å². The summed E-state index contributed by atoms with van der Waals surface area (Å²) in [6.45, 7) is 4.41. The summed E-state index contributed by atoms with van der Waals surface area (Å²) in [4.78, 5) is 40.5. The van der Waals surface area contributed by atoms with E-state index in [4.69, 9.17) is 22.1 Å². The molecule has 10 nitrogen and oxygen atoms in total. The van der Waals surface area contributed by atoms with Crippen molar-refractivity contribution in [3.05, 3.63) is 71.2 Å². The molecule has 0 bridgehead atoms. The van der Waals surface area contributed by atoms with E-state index in [2.05, 4.69) is 29.5 Å². The number of carbonyl (C=O) groups excluding carboxylic acids is 3. The number of methoxy groups -OCH3 is 1. The average Bonchev–Trinajstić information content (AvgIpc) is 3.55. The first-order chi connectivity index (χ1) is 20.0. The summed E-state index contributed by atoms with van der Waals surface area (Å²) in [7, 11) is 1.49. The zero-order valence-electron chi connectivity index (χ0n) is 23.6. The molecule has 2 saturated carbocycles. The molecule has 5 amide bonds. The Kier molecular flexibility index (Phi) is 9.87. The van der Waals surface area contributed by atoms with Crippen molar-refractivity contribution in [2.45, 2.75) is 51.7 Å². The molecule has 6 unspecified atom stereocenters. The van der Waals surface area contributed by atoms with Crippen molar-refractivity contribution in [3.8, 4) is 0 Å². The first-order valence-corrected chi connectivity index (χ1v) is 14.1. The molecule has 5 rings (SSSR count). The smallest absolute Gasteiger partial charge is 0.341 e. The van der Waals surface area contributed by atoms with Gasteiger partial charge >= 0.3 is 12.1 Å². The Hall–Kier alpha value is -3.93. The quantitative estimate of drug-likeness (QED) is 0.397. The maximum absolute atomic E-state index is 13.6. The summed E-state index contributed by atoms with van der Waals surface area (Å²) in [5.74, 6) is -0.717. The number of nitrogens with one attached hydrogen (secondary N) is 2. The summed E-state index contributed by atoms with van der Waals surface area (Å²) in [5, 5.41) is 8.06. The SMILES string of the molecule is CC1CCCC(NC(N)=O)C1C.CO/C=C\C1C2C(=O)N(Cc3ccc(F)cn3)N(C(=O)Nc3cc(F)cc(Cl)c3)C12. The van der Waals surface area contributed by atoms with Gasteiger partial charge in [-0.25, -0.2) is 28.4 Å². The van der Waals surface area contributed by atoms with Crippen LogP contribution in [0.25, 0.3) is 0 Å². The van der Waals surface area contributed by atoms with Crippen molar-refractivity contribution in [2.75, 3.05) is 12.4 Å². The van der Waals surface area contributed by atoms with Gasteiger partial charge in [0.15, 0.2) is 0 Å². The number of carbonyl (C=O) groups is 3. The van der Waals surface area contributed by atoms with Gasteiger partial charge in [-0.15, -0.1) is 0 Å². The summed E-state index contributed by atoms with van der Waals surface area (Å²) >= 11 is 5.85.